The van der Waals surface area contributed by atoms with E-state index in [1.807, 2.05) is 0 Å². The molecule has 1 aliphatic rings. The molecule has 1 aromatic heterocycles. The van der Waals surface area contributed by atoms with Crippen molar-refractivity contribution in [2.45, 2.75) is 19.3 Å². The fourth-order valence-corrected chi connectivity index (χ4v) is 2.67. The van der Waals surface area contributed by atoms with Gasteiger partial charge in [-0.15, -0.1) is 0 Å². The van der Waals surface area contributed by atoms with Crippen molar-refractivity contribution in [3.63, 3.8) is 0 Å². The van der Waals surface area contributed by atoms with Crippen LogP contribution in [0.2, 0.25) is 10.0 Å². The average molecular weight is 282 g/mol. The van der Waals surface area contributed by atoms with Crippen LogP contribution in [0.5, 0.6) is 0 Å². The molecule has 0 saturated carbocycles. The Kier molecular flexibility index (Phi) is 2.88. The van der Waals surface area contributed by atoms with Crippen LogP contribution in [0.15, 0.2) is 22.7 Å². The lowest BCUT2D eigenvalue weighted by atomic mass is 9.93. The lowest BCUT2D eigenvalue weighted by Crippen LogP contribution is -2.10. The molecule has 3 rings (SSSR count). The summed E-state index contributed by atoms with van der Waals surface area (Å²) in [5, 5.41) is 4.96. The van der Waals surface area contributed by atoms with Crippen LogP contribution in [0, 0.1) is 0 Å². The van der Waals surface area contributed by atoms with Gasteiger partial charge in [-0.1, -0.05) is 28.4 Å². The molecule has 0 aliphatic heterocycles. The molecule has 0 saturated heterocycles. The van der Waals surface area contributed by atoms with E-state index in [0.29, 0.717) is 33.4 Å². The Labute approximate surface area is 114 Å². The van der Waals surface area contributed by atoms with Gasteiger partial charge >= 0.3 is 0 Å². The van der Waals surface area contributed by atoms with E-state index in [2.05, 4.69) is 5.16 Å². The van der Waals surface area contributed by atoms with Crippen LogP contribution in [0.3, 0.4) is 0 Å². The molecule has 3 nitrogen and oxygen atoms in total. The first kappa shape index (κ1) is 11.8. The van der Waals surface area contributed by atoms with Crippen molar-refractivity contribution in [1.29, 1.82) is 0 Å². The maximum atomic E-state index is 11.9. The molecule has 1 heterocycles. The van der Waals surface area contributed by atoms with Gasteiger partial charge in [-0.3, -0.25) is 4.79 Å². The summed E-state index contributed by atoms with van der Waals surface area (Å²) in [5.41, 5.74) is 1.96. The third-order valence-corrected chi connectivity index (χ3v) is 3.58. The van der Waals surface area contributed by atoms with E-state index >= 15 is 0 Å². The molecule has 0 amide bonds. The van der Waals surface area contributed by atoms with Crippen molar-refractivity contribution in [3.05, 3.63) is 39.5 Å². The average Bonchev–Trinajstić information content (AvgIpc) is 2.74. The zero-order valence-corrected chi connectivity index (χ0v) is 10.9. The summed E-state index contributed by atoms with van der Waals surface area (Å²) < 4.78 is 5.30. The minimum atomic E-state index is 0.0681. The Morgan fingerprint density at radius 1 is 1.22 bits per heavy atom. The highest BCUT2D eigenvalue weighted by molar-refractivity contribution is 6.36. The van der Waals surface area contributed by atoms with Gasteiger partial charge in [0.25, 0.3) is 0 Å². The molecule has 0 fully saturated rings. The maximum Gasteiger partial charge on any atom is 0.179 e. The Morgan fingerprint density at radius 2 is 2.06 bits per heavy atom. The molecule has 18 heavy (non-hydrogen) atoms. The highest BCUT2D eigenvalue weighted by atomic mass is 35.5. The highest BCUT2D eigenvalue weighted by Crippen LogP contribution is 2.36. The molecular weight excluding hydrogens is 273 g/mol. The van der Waals surface area contributed by atoms with E-state index in [1.165, 1.54) is 0 Å². The summed E-state index contributed by atoms with van der Waals surface area (Å²) in [6, 6.07) is 5.08. The number of hydrogen-bond acceptors (Lipinski definition) is 3. The minimum absolute atomic E-state index is 0.0681. The number of halogens is 2. The normalized spacial score (nSPS) is 14.7. The van der Waals surface area contributed by atoms with Gasteiger partial charge in [0.15, 0.2) is 11.5 Å². The molecule has 0 unspecified atom stereocenters. The number of carbonyl (C=O) groups is 1. The molecule has 2 aromatic rings. The number of hydrogen-bond donors (Lipinski definition) is 0. The molecule has 0 atom stereocenters. The van der Waals surface area contributed by atoms with Crippen molar-refractivity contribution < 1.29 is 9.32 Å². The zero-order chi connectivity index (χ0) is 12.7. The van der Waals surface area contributed by atoms with Gasteiger partial charge in [0.05, 0.1) is 16.3 Å². The molecule has 92 valence electrons. The van der Waals surface area contributed by atoms with E-state index < -0.39 is 0 Å². The van der Waals surface area contributed by atoms with Gasteiger partial charge in [0.2, 0.25) is 0 Å². The van der Waals surface area contributed by atoms with Crippen LogP contribution in [0.1, 0.15) is 28.9 Å². The largest absolute Gasteiger partial charge is 0.355 e. The zero-order valence-electron chi connectivity index (χ0n) is 9.37. The highest BCUT2D eigenvalue weighted by Gasteiger charge is 2.27. The van der Waals surface area contributed by atoms with Crippen molar-refractivity contribution in [1.82, 2.24) is 5.16 Å². The van der Waals surface area contributed by atoms with Crippen LogP contribution in [0.4, 0.5) is 0 Å². The molecule has 0 N–H and O–H groups in total. The molecule has 1 aliphatic carbocycles. The third-order valence-electron chi connectivity index (χ3n) is 3.03. The van der Waals surface area contributed by atoms with Crippen molar-refractivity contribution >= 4 is 29.0 Å². The van der Waals surface area contributed by atoms with Crippen LogP contribution in [0.25, 0.3) is 11.3 Å². The Balaban J connectivity index is 2.18. The monoisotopic (exact) mass is 281 g/mol. The molecular formula is C13H9Cl2NO2. The number of aromatic nitrogens is 1. The summed E-state index contributed by atoms with van der Waals surface area (Å²) in [4.78, 5) is 11.9. The summed E-state index contributed by atoms with van der Waals surface area (Å²) in [6.07, 6.45) is 2.13. The standard InChI is InChI=1S/C13H9Cl2NO2/c14-7-4-5-8(9(15)6-7)13-12-10(16-18-13)2-1-3-11(12)17/h4-6H,1-3H2. The van der Waals surface area contributed by atoms with Crippen LogP contribution in [-0.2, 0) is 6.42 Å². The minimum Gasteiger partial charge on any atom is -0.355 e. The van der Waals surface area contributed by atoms with Crippen LogP contribution in [-0.4, -0.2) is 10.9 Å². The summed E-state index contributed by atoms with van der Waals surface area (Å²) in [7, 11) is 0. The second-order valence-electron chi connectivity index (χ2n) is 4.23. The molecule has 1 aromatic carbocycles. The summed E-state index contributed by atoms with van der Waals surface area (Å²) in [5.74, 6) is 0.523. The van der Waals surface area contributed by atoms with Gasteiger partial charge in [-0.25, -0.2) is 0 Å². The van der Waals surface area contributed by atoms with E-state index in [1.54, 1.807) is 18.2 Å². The van der Waals surface area contributed by atoms with Crippen LogP contribution >= 0.6 is 23.2 Å². The predicted octanol–water partition coefficient (Wildman–Crippen LogP) is 4.17. The van der Waals surface area contributed by atoms with Gasteiger partial charge in [0.1, 0.15) is 0 Å². The van der Waals surface area contributed by atoms with E-state index in [-0.39, 0.29) is 5.78 Å². The fourth-order valence-electron chi connectivity index (χ4n) is 2.18. The van der Waals surface area contributed by atoms with Crippen molar-refractivity contribution in [3.8, 4) is 11.3 Å². The summed E-state index contributed by atoms with van der Waals surface area (Å²) in [6.45, 7) is 0. The molecule has 0 spiro atoms. The first-order chi connectivity index (χ1) is 8.66. The first-order valence-electron chi connectivity index (χ1n) is 5.64. The predicted molar refractivity (Wildman–Crippen MR) is 69.2 cm³/mol. The van der Waals surface area contributed by atoms with E-state index in [4.69, 9.17) is 27.7 Å². The fraction of sp³-hybridized carbons (Fsp3) is 0.231. The van der Waals surface area contributed by atoms with Crippen LogP contribution < -0.4 is 0 Å². The lowest BCUT2D eigenvalue weighted by molar-refractivity contribution is 0.0973. The topological polar surface area (TPSA) is 43.1 Å². The number of Topliss-reactive ketones (excluding diaryl/α,β-unsaturated/α-hetero) is 1. The quantitative estimate of drug-likeness (QED) is 0.788. The van der Waals surface area contributed by atoms with Gasteiger partial charge in [-0.2, -0.15) is 0 Å². The molecule has 0 bridgehead atoms. The number of aryl methyl sites for hydroxylation is 1. The summed E-state index contributed by atoms with van der Waals surface area (Å²) >= 11 is 12.0. The maximum absolute atomic E-state index is 11.9. The second kappa shape index (κ2) is 4.41. The van der Waals surface area contributed by atoms with E-state index in [9.17, 15) is 4.79 Å². The SMILES string of the molecule is O=C1CCCc2noc(-c3ccc(Cl)cc3Cl)c21. The molecule has 5 heteroatoms. The lowest BCUT2D eigenvalue weighted by Gasteiger charge is -2.09. The number of benzene rings is 1. The first-order valence-corrected chi connectivity index (χ1v) is 6.39. The van der Waals surface area contributed by atoms with Gasteiger partial charge < -0.3 is 4.52 Å². The molecule has 0 radical (unpaired) electrons. The third kappa shape index (κ3) is 1.84. The number of nitrogens with zero attached hydrogens (tertiary/aromatic N) is 1. The van der Waals surface area contributed by atoms with Crippen molar-refractivity contribution in [2.24, 2.45) is 0 Å². The Morgan fingerprint density at radius 3 is 2.83 bits per heavy atom. The van der Waals surface area contributed by atoms with E-state index in [0.717, 1.165) is 18.5 Å². The number of rotatable bonds is 1. The smallest absolute Gasteiger partial charge is 0.179 e. The van der Waals surface area contributed by atoms with Crippen molar-refractivity contribution in [2.75, 3.05) is 0 Å². The Bertz CT molecular complexity index is 634. The van der Waals surface area contributed by atoms with Gasteiger partial charge in [0, 0.05) is 17.0 Å². The number of carbonyl (C=O) groups excluding carboxylic acids is 1. The Hall–Kier alpha value is -1.32. The second-order valence-corrected chi connectivity index (χ2v) is 5.08. The number of ketones is 1. The van der Waals surface area contributed by atoms with Gasteiger partial charge in [-0.05, 0) is 31.0 Å². The number of fused-ring (bicyclic) bond motifs is 1.